The van der Waals surface area contributed by atoms with Crippen molar-refractivity contribution >= 4 is 49.1 Å². The molecule has 1 fully saturated rings. The zero-order chi connectivity index (χ0) is 26.7. The number of aryl methyl sites for hydroxylation is 1. The normalized spacial score (nSPS) is 15.7. The summed E-state index contributed by atoms with van der Waals surface area (Å²) in [5, 5.41) is 11.2. The molecular weight excluding hydrogens is 520 g/mol. The number of thiazole rings is 1. The number of carbonyl (C=O) groups is 2. The number of aromatic nitrogens is 1. The van der Waals surface area contributed by atoms with Crippen molar-refractivity contribution in [3.63, 3.8) is 0 Å². The maximum atomic E-state index is 13.1. The summed E-state index contributed by atoms with van der Waals surface area (Å²) in [4.78, 5) is 40.7. The van der Waals surface area contributed by atoms with E-state index in [1.807, 2.05) is 6.92 Å². The minimum atomic E-state index is -3.66. The number of nitrogens with zero attached hydrogens (tertiary/aromatic N) is 4. The average Bonchev–Trinajstić information content (AvgIpc) is 3.20. The molecule has 4 rings (SSSR count). The first-order valence-corrected chi connectivity index (χ1v) is 13.9. The zero-order valence-corrected chi connectivity index (χ0v) is 22.0. The molecule has 196 valence electrons. The van der Waals surface area contributed by atoms with Gasteiger partial charge in [-0.1, -0.05) is 29.0 Å². The van der Waals surface area contributed by atoms with Gasteiger partial charge in [0.25, 0.3) is 11.6 Å². The molecule has 37 heavy (non-hydrogen) atoms. The van der Waals surface area contributed by atoms with Crippen LogP contribution in [-0.2, 0) is 30.9 Å². The fraction of sp³-hybridized carbons (Fsp3) is 0.375. The molecule has 1 amide bonds. The highest BCUT2D eigenvalue weighted by Gasteiger charge is 2.32. The van der Waals surface area contributed by atoms with E-state index in [0.29, 0.717) is 23.1 Å². The lowest BCUT2D eigenvalue weighted by Gasteiger charge is -2.29. The van der Waals surface area contributed by atoms with Crippen LogP contribution in [0.3, 0.4) is 0 Å². The molecule has 13 heteroatoms. The van der Waals surface area contributed by atoms with Gasteiger partial charge in [-0.05, 0) is 44.9 Å². The van der Waals surface area contributed by atoms with E-state index in [-0.39, 0.29) is 41.6 Å². The number of nitro benzene ring substituents is 1. The molecule has 3 aromatic rings. The number of sulfonamides is 1. The molecule has 0 bridgehead atoms. The van der Waals surface area contributed by atoms with E-state index in [1.165, 1.54) is 27.1 Å². The molecule has 0 atom stereocenters. The summed E-state index contributed by atoms with van der Waals surface area (Å²) in [7, 11) is -3.66. The van der Waals surface area contributed by atoms with Crippen molar-refractivity contribution in [2.75, 3.05) is 19.7 Å². The van der Waals surface area contributed by atoms with Crippen molar-refractivity contribution in [1.29, 1.82) is 0 Å². The summed E-state index contributed by atoms with van der Waals surface area (Å²) in [6.45, 7) is 3.91. The highest BCUT2D eigenvalue weighted by molar-refractivity contribution is 7.89. The third-order valence-electron chi connectivity index (χ3n) is 6.14. The number of rotatable bonds is 7. The van der Waals surface area contributed by atoms with Crippen molar-refractivity contribution < 1.29 is 27.7 Å². The van der Waals surface area contributed by atoms with Crippen LogP contribution in [0.5, 0.6) is 0 Å². The highest BCUT2D eigenvalue weighted by Crippen LogP contribution is 2.26. The second-order valence-electron chi connectivity index (χ2n) is 8.63. The summed E-state index contributed by atoms with van der Waals surface area (Å²) in [5.74, 6) is -1.44. The Morgan fingerprint density at radius 1 is 1.16 bits per heavy atom. The number of hydrogen-bond donors (Lipinski definition) is 0. The van der Waals surface area contributed by atoms with Crippen molar-refractivity contribution in [3.05, 3.63) is 62.9 Å². The number of hydrogen-bond acceptors (Lipinski definition) is 8. The Bertz CT molecular complexity index is 1520. The van der Waals surface area contributed by atoms with Crippen LogP contribution in [0.4, 0.5) is 5.69 Å². The fourth-order valence-corrected chi connectivity index (χ4v) is 6.67. The third kappa shape index (κ3) is 5.78. The topological polar surface area (TPSA) is 141 Å². The standard InChI is InChI=1S/C24H26N4O7S2/c1-3-35-22(29)15-27-20-9-6-18(28(31)32)14-21(20)36-24(27)25-23(30)17-10-12-26(13-11-17)37(33,34)19-7-4-16(2)5-8-19/h4-9,14,17H,3,10-13,15H2,1-2H3. The van der Waals surface area contributed by atoms with Gasteiger partial charge < -0.3 is 9.30 Å². The van der Waals surface area contributed by atoms with E-state index < -0.39 is 32.7 Å². The summed E-state index contributed by atoms with van der Waals surface area (Å²) in [5.41, 5.74) is 1.37. The summed E-state index contributed by atoms with van der Waals surface area (Å²) < 4.78 is 34.4. The van der Waals surface area contributed by atoms with Gasteiger partial charge >= 0.3 is 5.97 Å². The maximum absolute atomic E-state index is 13.1. The lowest BCUT2D eigenvalue weighted by atomic mass is 9.98. The predicted molar refractivity (Wildman–Crippen MR) is 136 cm³/mol. The van der Waals surface area contributed by atoms with Crippen LogP contribution in [0, 0.1) is 23.0 Å². The van der Waals surface area contributed by atoms with Gasteiger partial charge in [0.05, 0.1) is 26.6 Å². The third-order valence-corrected chi connectivity index (χ3v) is 9.09. The number of amides is 1. The molecule has 1 aromatic heterocycles. The van der Waals surface area contributed by atoms with Gasteiger partial charge in [0.1, 0.15) is 6.54 Å². The second-order valence-corrected chi connectivity index (χ2v) is 11.6. The second kappa shape index (κ2) is 10.9. The van der Waals surface area contributed by atoms with Crippen LogP contribution in [0.1, 0.15) is 25.3 Å². The molecule has 1 aliphatic heterocycles. The molecule has 11 nitrogen and oxygen atoms in total. The number of ether oxygens (including phenoxy) is 1. The minimum absolute atomic E-state index is 0.114. The van der Waals surface area contributed by atoms with E-state index in [4.69, 9.17) is 4.74 Å². The number of esters is 1. The van der Waals surface area contributed by atoms with Gasteiger partial charge in [-0.25, -0.2) is 8.42 Å². The summed E-state index contributed by atoms with van der Waals surface area (Å²) in [6.07, 6.45) is 0.614. The number of fused-ring (bicyclic) bond motifs is 1. The number of nitro groups is 1. The van der Waals surface area contributed by atoms with Gasteiger partial charge in [-0.2, -0.15) is 9.30 Å². The first-order chi connectivity index (χ1) is 17.6. The van der Waals surface area contributed by atoms with Gasteiger partial charge in [-0.3, -0.25) is 19.7 Å². The van der Waals surface area contributed by atoms with Crippen LogP contribution in [-0.4, -0.2) is 53.8 Å². The van der Waals surface area contributed by atoms with Crippen molar-refractivity contribution in [2.45, 2.75) is 38.1 Å². The Labute approximate surface area is 217 Å². The molecule has 0 N–H and O–H groups in total. The Balaban J connectivity index is 1.57. The molecule has 0 aliphatic carbocycles. The lowest BCUT2D eigenvalue weighted by molar-refractivity contribution is -0.384. The SMILES string of the molecule is CCOC(=O)Cn1c(=NC(=O)C2CCN(S(=O)(=O)c3ccc(C)cc3)CC2)sc2cc([N+](=O)[O-])ccc21. The molecule has 0 saturated carbocycles. The first kappa shape index (κ1) is 26.6. The Morgan fingerprint density at radius 2 is 1.84 bits per heavy atom. The largest absolute Gasteiger partial charge is 0.465 e. The number of carbonyl (C=O) groups excluding carboxylic acids is 2. The van der Waals surface area contributed by atoms with Crippen LogP contribution >= 0.6 is 11.3 Å². The van der Waals surface area contributed by atoms with Gasteiger partial charge in [0, 0.05) is 31.1 Å². The first-order valence-electron chi connectivity index (χ1n) is 11.7. The predicted octanol–water partition coefficient (Wildman–Crippen LogP) is 3.01. The van der Waals surface area contributed by atoms with Gasteiger partial charge in [0.2, 0.25) is 10.0 Å². The smallest absolute Gasteiger partial charge is 0.326 e. The molecule has 1 saturated heterocycles. The molecule has 0 unspecified atom stereocenters. The molecular formula is C24H26N4O7S2. The summed E-state index contributed by atoms with van der Waals surface area (Å²) in [6, 6.07) is 10.9. The Morgan fingerprint density at radius 3 is 2.46 bits per heavy atom. The van der Waals surface area contributed by atoms with Crippen molar-refractivity contribution in [3.8, 4) is 0 Å². The van der Waals surface area contributed by atoms with E-state index in [2.05, 4.69) is 4.99 Å². The Hall–Kier alpha value is -3.42. The van der Waals surface area contributed by atoms with Crippen LogP contribution in [0.15, 0.2) is 52.4 Å². The number of non-ortho nitro benzene ring substituents is 1. The van der Waals surface area contributed by atoms with E-state index in [0.717, 1.165) is 16.9 Å². The summed E-state index contributed by atoms with van der Waals surface area (Å²) >= 11 is 1.07. The maximum Gasteiger partial charge on any atom is 0.326 e. The lowest BCUT2D eigenvalue weighted by Crippen LogP contribution is -2.40. The minimum Gasteiger partial charge on any atom is -0.465 e. The fourth-order valence-electron chi connectivity index (χ4n) is 4.14. The van der Waals surface area contributed by atoms with Crippen LogP contribution in [0.25, 0.3) is 10.2 Å². The van der Waals surface area contributed by atoms with E-state index >= 15 is 0 Å². The molecule has 1 aliphatic rings. The molecule has 2 heterocycles. The van der Waals surface area contributed by atoms with Crippen LogP contribution < -0.4 is 4.80 Å². The van der Waals surface area contributed by atoms with Crippen LogP contribution in [0.2, 0.25) is 0 Å². The van der Waals surface area contributed by atoms with Crippen molar-refractivity contribution in [2.24, 2.45) is 10.9 Å². The Kier molecular flexibility index (Phi) is 7.85. The van der Waals surface area contributed by atoms with E-state index in [1.54, 1.807) is 31.2 Å². The molecule has 0 radical (unpaired) electrons. The highest BCUT2D eigenvalue weighted by atomic mass is 32.2. The number of benzene rings is 2. The molecule has 0 spiro atoms. The van der Waals surface area contributed by atoms with Gasteiger partial charge in [0.15, 0.2) is 4.80 Å². The monoisotopic (exact) mass is 546 g/mol. The van der Waals surface area contributed by atoms with E-state index in [9.17, 15) is 28.1 Å². The number of piperidine rings is 1. The zero-order valence-electron chi connectivity index (χ0n) is 20.3. The quantitative estimate of drug-likeness (QED) is 0.252. The van der Waals surface area contributed by atoms with Gasteiger partial charge in [-0.15, -0.1) is 0 Å². The van der Waals surface area contributed by atoms with Crippen molar-refractivity contribution in [1.82, 2.24) is 8.87 Å². The average molecular weight is 547 g/mol. The molecule has 2 aromatic carbocycles.